The molecule has 4 aliphatic heterocycles. The Labute approximate surface area is 422 Å². The van der Waals surface area contributed by atoms with Crippen LogP contribution in [0, 0.1) is 28.6 Å². The molecule has 0 radical (unpaired) electrons. The van der Waals surface area contributed by atoms with E-state index in [9.17, 15) is 20.1 Å². The van der Waals surface area contributed by atoms with E-state index in [2.05, 4.69) is 13.0 Å². The number of allylic oxidation sites excluding steroid dienone is 2. The topological polar surface area (TPSA) is 198 Å². The molecule has 8 aliphatic rings. The second-order valence-corrected chi connectivity index (χ2v) is 22.7. The Kier molecular flexibility index (Phi) is 17.8. The van der Waals surface area contributed by atoms with Crippen LogP contribution in [-0.2, 0) is 66.4 Å². The minimum absolute atomic E-state index is 0.0272. The van der Waals surface area contributed by atoms with Crippen LogP contribution in [0.5, 0.6) is 0 Å². The highest BCUT2D eigenvalue weighted by molar-refractivity contribution is 5.80. The van der Waals surface area contributed by atoms with Gasteiger partial charge in [-0.15, -0.1) is 0 Å². The number of carbonyl (C=O) groups is 1. The van der Waals surface area contributed by atoms with Crippen LogP contribution in [0.25, 0.3) is 0 Å². The maximum atomic E-state index is 13.2. The molecule has 0 bridgehead atoms. The first-order valence-corrected chi connectivity index (χ1v) is 26.6. The van der Waals surface area contributed by atoms with Crippen LogP contribution in [0.4, 0.5) is 0 Å². The summed E-state index contributed by atoms with van der Waals surface area (Å²) in [6, 6.07) is 0. The van der Waals surface area contributed by atoms with Crippen LogP contribution in [0.1, 0.15) is 133 Å². The summed E-state index contributed by atoms with van der Waals surface area (Å²) >= 11 is 0. The fraction of sp³-hybridized carbons (Fsp3) is 0.907. The molecule has 406 valence electrons. The van der Waals surface area contributed by atoms with Crippen molar-refractivity contribution in [2.75, 3.05) is 28.4 Å². The number of methoxy groups -OCH3 is 4. The number of fused-ring (bicyclic) bond motifs is 5. The first-order chi connectivity index (χ1) is 33.7. The lowest BCUT2D eigenvalue weighted by atomic mass is 9.45. The fourth-order valence-electron chi connectivity index (χ4n) is 14.5. The van der Waals surface area contributed by atoms with Gasteiger partial charge in [-0.1, -0.05) is 31.6 Å². The first kappa shape index (κ1) is 55.7. The molecule has 71 heavy (non-hydrogen) atoms. The van der Waals surface area contributed by atoms with Crippen LogP contribution in [0.3, 0.4) is 0 Å². The van der Waals surface area contributed by atoms with E-state index in [0.29, 0.717) is 50.5 Å². The largest absolute Gasteiger partial charge is 0.389 e. The Morgan fingerprint density at radius 2 is 1.17 bits per heavy atom. The average Bonchev–Trinajstić information content (AvgIpc) is 3.63. The molecule has 25 atom stereocenters. The maximum Gasteiger partial charge on any atom is 0.177 e. The Bertz CT molecular complexity index is 1870. The molecule has 8 rings (SSSR count). The maximum absolute atomic E-state index is 13.2. The van der Waals surface area contributed by atoms with Crippen molar-refractivity contribution < 1.29 is 81.7 Å². The van der Waals surface area contributed by atoms with Gasteiger partial charge in [-0.3, -0.25) is 4.79 Å². The van der Waals surface area contributed by atoms with Crippen molar-refractivity contribution in [2.24, 2.45) is 28.6 Å². The first-order valence-electron chi connectivity index (χ1n) is 26.6. The Morgan fingerprint density at radius 1 is 0.690 bits per heavy atom. The fourth-order valence-corrected chi connectivity index (χ4v) is 14.5. The third-order valence-electron chi connectivity index (χ3n) is 18.9. The SMILES string of the molecule is C/C=C(\C)C(O)O[C@@H]1CC2C(CC=C3CC(OC4CC(OC)C(OC5CC(OC)C(OC6CC(OC)C(OC7CC(OC)C(O)C(C)O7)C(C)O6)C(C)O5)C(C)O4)CC[C@@]32C)[C@@]2(O)CCC(C(C)=O)[C@@]12C. The van der Waals surface area contributed by atoms with Crippen molar-refractivity contribution in [3.05, 3.63) is 23.3 Å². The smallest absolute Gasteiger partial charge is 0.177 e. The third-order valence-corrected chi connectivity index (χ3v) is 18.9. The standard InChI is InChI=1S/C54H88O17/c1-14-27(2)51(57)68-42-22-37-36(54(58)20-18-35(28(3)55)53(42,54)9)16-15-33-21-34(17-19-52(33,37)8)67-43-24-39(60-11)48(30(5)64-43)70-45-26-41(62-13)50(32(7)66-45)71-46-25-40(61-12)49(31(6)65-46)69-44-23-38(59-10)47(56)29(4)63-44/h14-15,29-32,34-51,56-58H,16-26H2,1-13H3/b27-14+/t29?,30?,31?,32?,34?,35?,36?,37?,38?,39?,40?,41?,42-,43?,44?,45?,46?,47?,48?,49?,50?,51?,52+,53+,54+/m1/s1. The number of aliphatic hydroxyl groups is 3. The number of ketones is 1. The number of rotatable bonds is 16. The van der Waals surface area contributed by atoms with E-state index in [4.69, 9.17) is 61.6 Å². The summed E-state index contributed by atoms with van der Waals surface area (Å²) < 4.78 is 82.1. The second-order valence-electron chi connectivity index (χ2n) is 22.7. The number of hydrogen-bond donors (Lipinski definition) is 3. The van der Waals surface area contributed by atoms with Gasteiger partial charge >= 0.3 is 0 Å². The summed E-state index contributed by atoms with van der Waals surface area (Å²) in [7, 11) is 6.58. The Balaban J connectivity index is 0.855. The molecule has 0 spiro atoms. The van der Waals surface area contributed by atoms with Crippen LogP contribution >= 0.6 is 0 Å². The minimum Gasteiger partial charge on any atom is -0.389 e. The predicted molar refractivity (Wildman–Crippen MR) is 258 cm³/mol. The third kappa shape index (κ3) is 10.7. The highest BCUT2D eigenvalue weighted by atomic mass is 16.8. The van der Waals surface area contributed by atoms with E-state index in [1.54, 1.807) is 42.3 Å². The van der Waals surface area contributed by atoms with E-state index < -0.39 is 97.4 Å². The predicted octanol–water partition coefficient (Wildman–Crippen LogP) is 6.05. The molecule has 17 nitrogen and oxygen atoms in total. The molecule has 4 saturated heterocycles. The molecule has 0 aromatic heterocycles. The summed E-state index contributed by atoms with van der Waals surface area (Å²) in [6.07, 6.45) is 1.67. The van der Waals surface area contributed by atoms with Crippen molar-refractivity contribution in [1.82, 2.24) is 0 Å². The van der Waals surface area contributed by atoms with Crippen LogP contribution < -0.4 is 0 Å². The van der Waals surface area contributed by atoms with Crippen molar-refractivity contribution in [3.8, 4) is 0 Å². The zero-order valence-corrected chi connectivity index (χ0v) is 44.7. The van der Waals surface area contributed by atoms with Gasteiger partial charge in [0.25, 0.3) is 0 Å². The van der Waals surface area contributed by atoms with E-state index in [-0.39, 0.29) is 59.5 Å². The molecule has 21 unspecified atom stereocenters. The van der Waals surface area contributed by atoms with E-state index in [1.807, 2.05) is 47.6 Å². The summed E-state index contributed by atoms with van der Waals surface area (Å²) in [5.41, 5.74) is -0.0804. The number of carbonyl (C=O) groups excluding carboxylic acids is 1. The Hall–Kier alpha value is -1.49. The molecule has 4 heterocycles. The molecule has 0 aromatic rings. The summed E-state index contributed by atoms with van der Waals surface area (Å²) in [4.78, 5) is 13.2. The van der Waals surface area contributed by atoms with Crippen molar-refractivity contribution >= 4 is 5.78 Å². The monoisotopic (exact) mass is 1010 g/mol. The normalized spacial score (nSPS) is 49.8. The van der Waals surface area contributed by atoms with Crippen LogP contribution in [0.15, 0.2) is 23.3 Å². The molecular weight excluding hydrogens is 921 g/mol. The van der Waals surface area contributed by atoms with Crippen LogP contribution in [0.2, 0.25) is 0 Å². The minimum atomic E-state index is -1.11. The molecule has 17 heteroatoms. The zero-order valence-electron chi connectivity index (χ0n) is 44.7. The van der Waals surface area contributed by atoms with Gasteiger partial charge in [-0.25, -0.2) is 0 Å². The lowest BCUT2D eigenvalue weighted by Crippen LogP contribution is -2.67. The van der Waals surface area contributed by atoms with Gasteiger partial charge < -0.3 is 76.9 Å². The van der Waals surface area contributed by atoms with E-state index in [1.165, 1.54) is 5.57 Å². The van der Waals surface area contributed by atoms with Gasteiger partial charge in [0.2, 0.25) is 0 Å². The highest BCUT2D eigenvalue weighted by Crippen LogP contribution is 2.69. The van der Waals surface area contributed by atoms with Gasteiger partial charge in [-0.2, -0.15) is 0 Å². The quantitative estimate of drug-likeness (QED) is 0.119. The van der Waals surface area contributed by atoms with Gasteiger partial charge in [-0.05, 0) is 116 Å². The molecule has 4 aliphatic carbocycles. The van der Waals surface area contributed by atoms with E-state index in [0.717, 1.165) is 25.7 Å². The summed E-state index contributed by atoms with van der Waals surface area (Å²) in [6.45, 7) is 17.4. The molecular formula is C54H88O17. The van der Waals surface area contributed by atoms with Gasteiger partial charge in [0.1, 0.15) is 30.2 Å². The summed E-state index contributed by atoms with van der Waals surface area (Å²) in [5.74, 6) is -0.187. The van der Waals surface area contributed by atoms with Crippen molar-refractivity contribution in [2.45, 2.75) is 255 Å². The van der Waals surface area contributed by atoms with Crippen molar-refractivity contribution in [1.29, 1.82) is 0 Å². The zero-order chi connectivity index (χ0) is 51.3. The number of ether oxygens (including phenoxy) is 13. The average molecular weight is 1010 g/mol. The lowest BCUT2D eigenvalue weighted by Gasteiger charge is -2.63. The lowest BCUT2D eigenvalue weighted by molar-refractivity contribution is -0.347. The molecule has 3 saturated carbocycles. The highest BCUT2D eigenvalue weighted by Gasteiger charge is 2.71. The Morgan fingerprint density at radius 3 is 1.65 bits per heavy atom. The molecule has 3 N–H and O–H groups in total. The summed E-state index contributed by atoms with van der Waals surface area (Å²) in [5, 5.41) is 34.5. The number of Topliss-reactive ketones (excluding diaryl/α,β-unsaturated/α-hetero) is 1. The van der Waals surface area contributed by atoms with E-state index >= 15 is 0 Å². The number of aliphatic hydroxyl groups excluding tert-OH is 2. The molecule has 7 fully saturated rings. The van der Waals surface area contributed by atoms with Crippen LogP contribution in [-0.4, -0.2) is 172 Å². The second kappa shape index (κ2) is 22.6. The van der Waals surface area contributed by atoms with Gasteiger partial charge in [0, 0.05) is 65.5 Å². The molecule has 0 amide bonds. The number of hydrogen-bond acceptors (Lipinski definition) is 17. The molecule has 0 aromatic carbocycles. The van der Waals surface area contributed by atoms with Gasteiger partial charge in [0.15, 0.2) is 31.5 Å². The van der Waals surface area contributed by atoms with Crippen molar-refractivity contribution in [3.63, 3.8) is 0 Å². The van der Waals surface area contributed by atoms with Gasteiger partial charge in [0.05, 0.1) is 66.6 Å².